The van der Waals surface area contributed by atoms with Crippen molar-refractivity contribution >= 4 is 44.1 Å². The molecule has 0 saturated carbocycles. The Morgan fingerprint density at radius 2 is 1.22 bits per heavy atom. The average molecular weight is 705 g/mol. The van der Waals surface area contributed by atoms with Crippen LogP contribution in [0.3, 0.4) is 0 Å². The van der Waals surface area contributed by atoms with Gasteiger partial charge in [-0.05, 0) is 72.1 Å². The molecule has 2 unspecified atom stereocenters. The number of aromatic nitrogens is 3. The molecule has 4 nitrogen and oxygen atoms in total. The molecular formula is C51H36N4. The van der Waals surface area contributed by atoms with E-state index in [1.54, 1.807) is 0 Å². The van der Waals surface area contributed by atoms with E-state index in [0.29, 0.717) is 5.92 Å². The van der Waals surface area contributed by atoms with Gasteiger partial charge in [-0.25, -0.2) is 9.97 Å². The van der Waals surface area contributed by atoms with Crippen molar-refractivity contribution in [3.8, 4) is 39.5 Å². The molecule has 0 amide bonds. The molecule has 3 heterocycles. The third-order valence-corrected chi connectivity index (χ3v) is 11.6. The highest BCUT2D eigenvalue weighted by atomic mass is 15.2. The van der Waals surface area contributed by atoms with Gasteiger partial charge in [-0.15, -0.1) is 0 Å². The van der Waals surface area contributed by atoms with E-state index in [2.05, 4.69) is 186 Å². The van der Waals surface area contributed by atoms with Crippen LogP contribution in [0.4, 0.5) is 11.4 Å². The van der Waals surface area contributed by atoms with E-state index in [9.17, 15) is 0 Å². The Morgan fingerprint density at radius 3 is 2.11 bits per heavy atom. The van der Waals surface area contributed by atoms with Gasteiger partial charge < -0.3 is 9.47 Å². The minimum Gasteiger partial charge on any atom is -0.331 e. The highest BCUT2D eigenvalue weighted by molar-refractivity contribution is 6.10. The molecule has 9 aromatic rings. The van der Waals surface area contributed by atoms with Crippen molar-refractivity contribution in [3.63, 3.8) is 0 Å². The molecule has 0 radical (unpaired) electrons. The highest BCUT2D eigenvalue weighted by Gasteiger charge is 2.46. The lowest BCUT2D eigenvalue weighted by atomic mass is 9.80. The van der Waals surface area contributed by atoms with Gasteiger partial charge in [0, 0.05) is 50.3 Å². The first-order valence-corrected chi connectivity index (χ1v) is 19.0. The number of anilines is 2. The summed E-state index contributed by atoms with van der Waals surface area (Å²) >= 11 is 0. The molecule has 2 aromatic heterocycles. The van der Waals surface area contributed by atoms with Crippen molar-refractivity contribution in [1.82, 2.24) is 14.5 Å². The summed E-state index contributed by atoms with van der Waals surface area (Å²) in [6, 6.07) is 60.9. The summed E-state index contributed by atoms with van der Waals surface area (Å²) in [6.45, 7) is 2.36. The molecule has 0 N–H and O–H groups in total. The van der Waals surface area contributed by atoms with Gasteiger partial charge in [0.1, 0.15) is 0 Å². The first kappa shape index (κ1) is 31.5. The zero-order valence-electron chi connectivity index (χ0n) is 30.3. The zero-order chi connectivity index (χ0) is 36.5. The normalized spacial score (nSPS) is 17.3. The number of para-hydroxylation sites is 3. The second-order valence-corrected chi connectivity index (χ2v) is 14.8. The van der Waals surface area contributed by atoms with E-state index in [4.69, 9.17) is 9.97 Å². The van der Waals surface area contributed by atoms with Crippen molar-refractivity contribution in [2.75, 3.05) is 4.90 Å². The molecule has 0 saturated heterocycles. The number of hydrogen-bond donors (Lipinski definition) is 0. The first-order valence-electron chi connectivity index (χ1n) is 19.0. The molecule has 2 aliphatic rings. The summed E-state index contributed by atoms with van der Waals surface area (Å²) in [6.07, 6.45) is 9.08. The van der Waals surface area contributed by atoms with Crippen LogP contribution >= 0.6 is 0 Å². The summed E-state index contributed by atoms with van der Waals surface area (Å²) < 4.78 is 2.40. The van der Waals surface area contributed by atoms with Crippen molar-refractivity contribution in [1.29, 1.82) is 0 Å². The fourth-order valence-electron chi connectivity index (χ4n) is 9.02. The monoisotopic (exact) mass is 704 g/mol. The minimum atomic E-state index is -0.180. The molecule has 0 spiro atoms. The largest absolute Gasteiger partial charge is 0.331 e. The predicted molar refractivity (Wildman–Crippen MR) is 228 cm³/mol. The Kier molecular flexibility index (Phi) is 7.02. The van der Waals surface area contributed by atoms with Gasteiger partial charge in [0.05, 0.1) is 27.8 Å². The molecule has 11 rings (SSSR count). The molecule has 2 atom stereocenters. The van der Waals surface area contributed by atoms with Crippen LogP contribution in [0.15, 0.2) is 194 Å². The van der Waals surface area contributed by atoms with Gasteiger partial charge in [-0.2, -0.15) is 0 Å². The molecule has 4 heteroatoms. The van der Waals surface area contributed by atoms with Gasteiger partial charge in [-0.1, -0.05) is 146 Å². The summed E-state index contributed by atoms with van der Waals surface area (Å²) in [7, 11) is 0. The van der Waals surface area contributed by atoms with Crippen LogP contribution in [0, 0.1) is 0 Å². The summed E-state index contributed by atoms with van der Waals surface area (Å²) in [5.41, 5.74) is 13.4. The van der Waals surface area contributed by atoms with E-state index in [-0.39, 0.29) is 5.54 Å². The Labute approximate surface area is 320 Å². The number of nitrogens with zero attached hydrogens (tertiary/aromatic N) is 4. The summed E-state index contributed by atoms with van der Waals surface area (Å²) in [4.78, 5) is 12.6. The van der Waals surface area contributed by atoms with Crippen LogP contribution in [0.1, 0.15) is 18.4 Å². The Morgan fingerprint density at radius 1 is 0.509 bits per heavy atom. The number of benzene rings is 7. The van der Waals surface area contributed by atoms with Crippen molar-refractivity contribution in [2.24, 2.45) is 0 Å². The smallest absolute Gasteiger partial charge is 0.160 e. The van der Waals surface area contributed by atoms with Gasteiger partial charge in [-0.3, -0.25) is 0 Å². The molecular weight excluding hydrogens is 669 g/mol. The Bertz CT molecular complexity index is 3010. The van der Waals surface area contributed by atoms with Crippen LogP contribution in [-0.2, 0) is 0 Å². The zero-order valence-corrected chi connectivity index (χ0v) is 30.3. The molecule has 7 aromatic carbocycles. The number of rotatable bonds is 5. The van der Waals surface area contributed by atoms with Crippen molar-refractivity contribution < 1.29 is 0 Å². The SMILES string of the molecule is CC12C=CC=CC1c1ccccc1N2c1cccc(-c2ccc3c4ccccc4n(-c4ccc(-c5nc(-c6ccccc6)nc6ccccc56)cc4)c3c2)c1. The third-order valence-electron chi connectivity index (χ3n) is 11.6. The number of allylic oxidation sites excluding steroid dienone is 2. The van der Waals surface area contributed by atoms with E-state index in [0.717, 1.165) is 39.2 Å². The fraction of sp³-hybridized carbons (Fsp3) is 0.0588. The van der Waals surface area contributed by atoms with Gasteiger partial charge in [0.25, 0.3) is 0 Å². The lowest BCUT2D eigenvalue weighted by molar-refractivity contribution is 0.542. The van der Waals surface area contributed by atoms with Gasteiger partial charge >= 0.3 is 0 Å². The van der Waals surface area contributed by atoms with E-state index in [1.165, 1.54) is 49.9 Å². The maximum Gasteiger partial charge on any atom is 0.160 e. The Hall–Kier alpha value is -7.04. The van der Waals surface area contributed by atoms with E-state index >= 15 is 0 Å². The van der Waals surface area contributed by atoms with Crippen molar-refractivity contribution in [2.45, 2.75) is 18.4 Å². The molecule has 260 valence electrons. The van der Waals surface area contributed by atoms with Crippen LogP contribution < -0.4 is 4.90 Å². The van der Waals surface area contributed by atoms with Crippen molar-refractivity contribution in [3.05, 3.63) is 200 Å². The highest BCUT2D eigenvalue weighted by Crippen LogP contribution is 2.54. The molecule has 1 aliphatic heterocycles. The molecule has 0 fully saturated rings. The molecule has 55 heavy (non-hydrogen) atoms. The van der Waals surface area contributed by atoms with Gasteiger partial charge in [0.15, 0.2) is 5.82 Å². The minimum absolute atomic E-state index is 0.180. The second-order valence-electron chi connectivity index (χ2n) is 14.8. The van der Waals surface area contributed by atoms with E-state index in [1.807, 2.05) is 24.3 Å². The Balaban J connectivity index is 1.02. The average Bonchev–Trinajstić information content (AvgIpc) is 3.72. The maximum absolute atomic E-state index is 5.13. The third kappa shape index (κ3) is 4.92. The number of fused-ring (bicyclic) bond motifs is 7. The fourth-order valence-corrected chi connectivity index (χ4v) is 9.02. The standard InChI is InChI=1S/C51H36N4/c1-51-31-12-11-21-44(51)42-19-7-10-24-47(42)55(51)39-17-13-16-36(32-39)37-27-30-41-40-18-6-9-23-46(40)54(48(41)33-37)38-28-25-34(26-29-38)49-43-20-5-8-22-45(43)52-50(53-49)35-14-3-2-4-15-35/h2-33,44H,1H3. The van der Waals surface area contributed by atoms with Crippen LogP contribution in [0.2, 0.25) is 0 Å². The second kappa shape index (κ2) is 12.3. The molecule has 1 aliphatic carbocycles. The lowest BCUT2D eigenvalue weighted by Gasteiger charge is -2.39. The van der Waals surface area contributed by atoms with Crippen LogP contribution in [0.25, 0.3) is 72.2 Å². The molecule has 0 bridgehead atoms. The predicted octanol–water partition coefficient (Wildman–Crippen LogP) is 12.8. The lowest BCUT2D eigenvalue weighted by Crippen LogP contribution is -2.41. The van der Waals surface area contributed by atoms with Crippen LogP contribution in [0.5, 0.6) is 0 Å². The maximum atomic E-state index is 5.13. The number of hydrogen-bond acceptors (Lipinski definition) is 3. The first-order chi connectivity index (χ1) is 27.1. The topological polar surface area (TPSA) is 34.0 Å². The van der Waals surface area contributed by atoms with Crippen LogP contribution in [-0.4, -0.2) is 20.1 Å². The quantitative estimate of drug-likeness (QED) is 0.179. The summed E-state index contributed by atoms with van der Waals surface area (Å²) in [5, 5.41) is 3.51. The summed E-state index contributed by atoms with van der Waals surface area (Å²) in [5.74, 6) is 1.03. The van der Waals surface area contributed by atoms with Gasteiger partial charge in [0.2, 0.25) is 0 Å². The van der Waals surface area contributed by atoms with E-state index < -0.39 is 0 Å².